The van der Waals surface area contributed by atoms with E-state index in [1.54, 1.807) is 18.2 Å². The van der Waals surface area contributed by atoms with Crippen LogP contribution in [0, 0.1) is 0 Å². The molecular weight excluding hydrogens is 361 g/mol. The summed E-state index contributed by atoms with van der Waals surface area (Å²) in [5.74, 6) is -0.212. The van der Waals surface area contributed by atoms with Crippen LogP contribution >= 0.6 is 39.1 Å². The molecule has 0 unspecified atom stereocenters. The summed E-state index contributed by atoms with van der Waals surface area (Å²) >= 11 is 15.2. The molecule has 20 heavy (non-hydrogen) atoms. The average Bonchev–Trinajstić information content (AvgIpc) is 2.45. The van der Waals surface area contributed by atoms with E-state index in [1.807, 2.05) is 24.3 Å². The predicted molar refractivity (Wildman–Crippen MR) is 86.7 cm³/mol. The van der Waals surface area contributed by atoms with Gasteiger partial charge >= 0.3 is 0 Å². The van der Waals surface area contributed by atoms with Gasteiger partial charge in [0.2, 0.25) is 0 Å². The van der Waals surface area contributed by atoms with Gasteiger partial charge in [0, 0.05) is 16.9 Å². The lowest BCUT2D eigenvalue weighted by Gasteiger charge is -2.07. The van der Waals surface area contributed by atoms with E-state index in [2.05, 4.69) is 21.2 Å². The SMILES string of the molecule is O=C(NCc1ccc(CBr)cc1)c1ccc(Cl)cc1Cl. The molecule has 0 saturated carbocycles. The molecule has 0 spiro atoms. The third-order valence-corrected chi connectivity index (χ3v) is 4.00. The first kappa shape index (κ1) is 15.4. The van der Waals surface area contributed by atoms with Gasteiger partial charge in [0.05, 0.1) is 10.6 Å². The molecule has 0 aromatic heterocycles. The number of carbonyl (C=O) groups is 1. The summed E-state index contributed by atoms with van der Waals surface area (Å²) in [4.78, 5) is 12.0. The Bertz CT molecular complexity index is 614. The molecule has 1 N–H and O–H groups in total. The summed E-state index contributed by atoms with van der Waals surface area (Å²) in [5, 5.41) is 4.52. The van der Waals surface area contributed by atoms with Crippen LogP contribution in [0.5, 0.6) is 0 Å². The number of nitrogens with one attached hydrogen (secondary N) is 1. The van der Waals surface area contributed by atoms with Gasteiger partial charge in [0.25, 0.3) is 5.91 Å². The molecule has 0 aliphatic heterocycles. The first-order valence-corrected chi connectivity index (χ1v) is 7.85. The molecule has 1 amide bonds. The lowest BCUT2D eigenvalue weighted by molar-refractivity contribution is 0.0951. The van der Waals surface area contributed by atoms with Crippen molar-refractivity contribution in [3.63, 3.8) is 0 Å². The van der Waals surface area contributed by atoms with E-state index in [0.29, 0.717) is 22.2 Å². The highest BCUT2D eigenvalue weighted by Crippen LogP contribution is 2.20. The third kappa shape index (κ3) is 3.98. The van der Waals surface area contributed by atoms with Crippen LogP contribution in [-0.4, -0.2) is 5.91 Å². The molecule has 0 heterocycles. The Morgan fingerprint density at radius 3 is 2.30 bits per heavy atom. The fourth-order valence-corrected chi connectivity index (χ4v) is 2.57. The van der Waals surface area contributed by atoms with Crippen LogP contribution in [-0.2, 0) is 11.9 Å². The second-order valence-electron chi connectivity index (χ2n) is 4.26. The molecule has 0 radical (unpaired) electrons. The van der Waals surface area contributed by atoms with Crippen LogP contribution in [0.25, 0.3) is 0 Å². The quantitative estimate of drug-likeness (QED) is 0.766. The molecule has 2 nitrogen and oxygen atoms in total. The molecule has 2 aromatic carbocycles. The molecular formula is C15H12BrCl2NO. The molecule has 2 aromatic rings. The smallest absolute Gasteiger partial charge is 0.253 e. The van der Waals surface area contributed by atoms with Crippen molar-refractivity contribution in [3.05, 3.63) is 69.2 Å². The Morgan fingerprint density at radius 1 is 1.05 bits per heavy atom. The van der Waals surface area contributed by atoms with Crippen molar-refractivity contribution < 1.29 is 4.79 Å². The van der Waals surface area contributed by atoms with E-state index in [9.17, 15) is 4.79 Å². The summed E-state index contributed by atoms with van der Waals surface area (Å²) in [6, 6.07) is 12.8. The Kier molecular flexibility index (Phi) is 5.46. The minimum atomic E-state index is -0.212. The molecule has 0 aliphatic carbocycles. The predicted octanol–water partition coefficient (Wildman–Crippen LogP) is 4.82. The number of rotatable bonds is 4. The molecule has 0 aliphatic rings. The summed E-state index contributed by atoms with van der Waals surface area (Å²) in [7, 11) is 0. The van der Waals surface area contributed by atoms with Crippen molar-refractivity contribution in [2.45, 2.75) is 11.9 Å². The first-order valence-electron chi connectivity index (χ1n) is 5.97. The Labute approximate surface area is 136 Å². The number of alkyl halides is 1. The number of carbonyl (C=O) groups excluding carboxylic acids is 1. The van der Waals surface area contributed by atoms with Gasteiger partial charge in [-0.1, -0.05) is 63.4 Å². The van der Waals surface area contributed by atoms with E-state index in [-0.39, 0.29) is 5.91 Å². The van der Waals surface area contributed by atoms with Crippen LogP contribution in [0.1, 0.15) is 21.5 Å². The zero-order valence-electron chi connectivity index (χ0n) is 10.5. The number of benzene rings is 2. The number of halogens is 3. The highest BCUT2D eigenvalue weighted by Gasteiger charge is 2.10. The largest absolute Gasteiger partial charge is 0.348 e. The molecule has 0 fully saturated rings. The maximum atomic E-state index is 12.0. The van der Waals surface area contributed by atoms with Gasteiger partial charge in [0.15, 0.2) is 0 Å². The monoisotopic (exact) mass is 371 g/mol. The summed E-state index contributed by atoms with van der Waals surface area (Å²) in [6.07, 6.45) is 0. The van der Waals surface area contributed by atoms with E-state index in [1.165, 1.54) is 5.56 Å². The normalized spacial score (nSPS) is 10.3. The van der Waals surface area contributed by atoms with Crippen molar-refractivity contribution in [1.82, 2.24) is 5.32 Å². The lowest BCUT2D eigenvalue weighted by atomic mass is 10.1. The Hall–Kier alpha value is -1.03. The van der Waals surface area contributed by atoms with Crippen LogP contribution in [0.15, 0.2) is 42.5 Å². The van der Waals surface area contributed by atoms with Gasteiger partial charge in [-0.15, -0.1) is 0 Å². The van der Waals surface area contributed by atoms with Crippen LogP contribution in [0.4, 0.5) is 0 Å². The third-order valence-electron chi connectivity index (χ3n) is 2.81. The van der Waals surface area contributed by atoms with Gasteiger partial charge in [-0.05, 0) is 29.3 Å². The van der Waals surface area contributed by atoms with Gasteiger partial charge in [0.1, 0.15) is 0 Å². The fourth-order valence-electron chi connectivity index (χ4n) is 1.70. The summed E-state index contributed by atoms with van der Waals surface area (Å²) in [5.41, 5.74) is 2.65. The first-order chi connectivity index (χ1) is 9.60. The maximum Gasteiger partial charge on any atom is 0.253 e. The highest BCUT2D eigenvalue weighted by molar-refractivity contribution is 9.08. The lowest BCUT2D eigenvalue weighted by Crippen LogP contribution is -2.23. The van der Waals surface area contributed by atoms with Crippen molar-refractivity contribution >= 4 is 45.0 Å². The van der Waals surface area contributed by atoms with Crippen LogP contribution < -0.4 is 5.32 Å². The van der Waals surface area contributed by atoms with E-state index in [0.717, 1.165) is 10.9 Å². The standard InChI is InChI=1S/C15H12BrCl2NO/c16-8-10-1-3-11(4-2-10)9-19-15(20)13-6-5-12(17)7-14(13)18/h1-7H,8-9H2,(H,19,20). The molecule has 0 atom stereocenters. The van der Waals surface area contributed by atoms with Crippen LogP contribution in [0.3, 0.4) is 0 Å². The van der Waals surface area contributed by atoms with Gasteiger partial charge in [-0.2, -0.15) is 0 Å². The number of hydrogen-bond donors (Lipinski definition) is 1. The molecule has 0 saturated heterocycles. The summed E-state index contributed by atoms with van der Waals surface area (Å²) in [6.45, 7) is 0.459. The minimum Gasteiger partial charge on any atom is -0.348 e. The zero-order chi connectivity index (χ0) is 14.5. The second-order valence-corrected chi connectivity index (χ2v) is 5.66. The van der Waals surface area contributed by atoms with E-state index < -0.39 is 0 Å². The molecule has 0 bridgehead atoms. The van der Waals surface area contributed by atoms with Crippen molar-refractivity contribution in [1.29, 1.82) is 0 Å². The topological polar surface area (TPSA) is 29.1 Å². The van der Waals surface area contributed by atoms with Gasteiger partial charge in [-0.25, -0.2) is 0 Å². The van der Waals surface area contributed by atoms with Gasteiger partial charge < -0.3 is 5.32 Å². The highest BCUT2D eigenvalue weighted by atomic mass is 79.9. The van der Waals surface area contributed by atoms with Gasteiger partial charge in [-0.3, -0.25) is 4.79 Å². The number of hydrogen-bond acceptors (Lipinski definition) is 1. The Morgan fingerprint density at radius 2 is 1.70 bits per heavy atom. The molecule has 104 valence electrons. The average molecular weight is 373 g/mol. The second kappa shape index (κ2) is 7.11. The van der Waals surface area contributed by atoms with Crippen molar-refractivity contribution in [2.75, 3.05) is 0 Å². The zero-order valence-corrected chi connectivity index (χ0v) is 13.6. The van der Waals surface area contributed by atoms with E-state index in [4.69, 9.17) is 23.2 Å². The van der Waals surface area contributed by atoms with Crippen molar-refractivity contribution in [2.24, 2.45) is 0 Å². The Balaban J connectivity index is 2.00. The van der Waals surface area contributed by atoms with Crippen molar-refractivity contribution in [3.8, 4) is 0 Å². The maximum absolute atomic E-state index is 12.0. The fraction of sp³-hybridized carbons (Fsp3) is 0.133. The molecule has 5 heteroatoms. The van der Waals surface area contributed by atoms with Crippen LogP contribution in [0.2, 0.25) is 10.0 Å². The van der Waals surface area contributed by atoms with E-state index >= 15 is 0 Å². The number of amides is 1. The minimum absolute atomic E-state index is 0.212. The summed E-state index contributed by atoms with van der Waals surface area (Å²) < 4.78 is 0. The molecule has 2 rings (SSSR count).